The number of nitrogens with zero attached hydrogens (tertiary/aromatic N) is 1. The fraction of sp³-hybridized carbons (Fsp3) is 0.529. The summed E-state index contributed by atoms with van der Waals surface area (Å²) in [5.41, 5.74) is 7.00. The highest BCUT2D eigenvalue weighted by molar-refractivity contribution is 5.97. The summed E-state index contributed by atoms with van der Waals surface area (Å²) in [5, 5.41) is 2.83. The minimum atomic E-state index is -0.276. The second kappa shape index (κ2) is 8.89. The van der Waals surface area contributed by atoms with Crippen LogP contribution in [0.1, 0.15) is 43.5 Å². The van der Waals surface area contributed by atoms with Crippen molar-refractivity contribution in [2.45, 2.75) is 39.2 Å². The van der Waals surface area contributed by atoms with Crippen LogP contribution < -0.4 is 11.1 Å². The molecule has 1 aliphatic rings. The fourth-order valence-corrected chi connectivity index (χ4v) is 2.50. The molecule has 0 spiro atoms. The van der Waals surface area contributed by atoms with E-state index >= 15 is 0 Å². The molecule has 1 fully saturated rings. The topological polar surface area (TPSA) is 75.4 Å². The van der Waals surface area contributed by atoms with Gasteiger partial charge in [0.15, 0.2) is 0 Å². The van der Waals surface area contributed by atoms with Crippen LogP contribution in [0.4, 0.5) is 5.69 Å². The molecule has 0 saturated carbocycles. The molecule has 2 amide bonds. The number of halogens is 1. The Bertz CT molecular complexity index is 542. The zero-order valence-corrected chi connectivity index (χ0v) is 14.6. The molecule has 5 nitrogen and oxygen atoms in total. The van der Waals surface area contributed by atoms with E-state index in [1.54, 1.807) is 38.1 Å². The standard InChI is InChI=1S/C17H25N3O2.ClH/c1-12(13(2)18)16(21)19-15-8-6-7-14(11-15)17(22)20-9-4-3-5-10-20;/h6-8,11-13H,3-5,9-10,18H2,1-2H3,(H,19,21);1H. The first-order chi connectivity index (χ1) is 10.5. The molecule has 1 saturated heterocycles. The van der Waals surface area contributed by atoms with Gasteiger partial charge in [0.1, 0.15) is 0 Å². The van der Waals surface area contributed by atoms with Crippen LogP contribution in [0.25, 0.3) is 0 Å². The first kappa shape index (κ1) is 19.5. The normalized spacial score (nSPS) is 16.9. The van der Waals surface area contributed by atoms with Crippen molar-refractivity contribution in [3.63, 3.8) is 0 Å². The lowest BCUT2D eigenvalue weighted by Gasteiger charge is -2.26. The van der Waals surface area contributed by atoms with Crippen LogP contribution in [0.3, 0.4) is 0 Å². The Labute approximate surface area is 144 Å². The van der Waals surface area contributed by atoms with Crippen LogP contribution in [0, 0.1) is 5.92 Å². The van der Waals surface area contributed by atoms with Gasteiger partial charge in [-0.2, -0.15) is 0 Å². The van der Waals surface area contributed by atoms with Crippen LogP contribution in [0.15, 0.2) is 24.3 Å². The summed E-state index contributed by atoms with van der Waals surface area (Å²) in [6.07, 6.45) is 3.32. The molecule has 0 aliphatic carbocycles. The number of nitrogens with one attached hydrogen (secondary N) is 1. The third kappa shape index (κ3) is 5.22. The lowest BCUT2D eigenvalue weighted by molar-refractivity contribution is -0.119. The zero-order valence-electron chi connectivity index (χ0n) is 13.7. The maximum absolute atomic E-state index is 12.5. The summed E-state index contributed by atoms with van der Waals surface area (Å²) < 4.78 is 0. The molecule has 1 aromatic carbocycles. The van der Waals surface area contributed by atoms with Gasteiger partial charge in [0, 0.05) is 30.4 Å². The van der Waals surface area contributed by atoms with Gasteiger partial charge >= 0.3 is 0 Å². The van der Waals surface area contributed by atoms with E-state index in [0.717, 1.165) is 25.9 Å². The molecular weight excluding hydrogens is 314 g/mol. The third-order valence-electron chi connectivity index (χ3n) is 4.22. The fourth-order valence-electron chi connectivity index (χ4n) is 2.50. The van der Waals surface area contributed by atoms with Gasteiger partial charge in [0.2, 0.25) is 5.91 Å². The number of carbonyl (C=O) groups excluding carboxylic acids is 2. The van der Waals surface area contributed by atoms with Crippen molar-refractivity contribution < 1.29 is 9.59 Å². The number of hydrogen-bond acceptors (Lipinski definition) is 3. The summed E-state index contributed by atoms with van der Waals surface area (Å²) in [6, 6.07) is 6.91. The molecule has 128 valence electrons. The van der Waals surface area contributed by atoms with E-state index < -0.39 is 0 Å². The minimum Gasteiger partial charge on any atom is -0.339 e. The molecule has 1 heterocycles. The zero-order chi connectivity index (χ0) is 16.1. The van der Waals surface area contributed by atoms with Crippen molar-refractivity contribution in [2.24, 2.45) is 11.7 Å². The summed E-state index contributed by atoms with van der Waals surface area (Å²) in [7, 11) is 0. The number of rotatable bonds is 4. The first-order valence-corrected chi connectivity index (χ1v) is 7.95. The van der Waals surface area contributed by atoms with E-state index in [1.807, 2.05) is 4.90 Å². The van der Waals surface area contributed by atoms with Crippen molar-refractivity contribution in [1.82, 2.24) is 4.90 Å². The molecule has 1 aromatic rings. The molecule has 2 atom stereocenters. The number of likely N-dealkylation sites (tertiary alicyclic amines) is 1. The van der Waals surface area contributed by atoms with Crippen LogP contribution in [0.2, 0.25) is 0 Å². The van der Waals surface area contributed by atoms with E-state index in [9.17, 15) is 9.59 Å². The van der Waals surface area contributed by atoms with E-state index in [0.29, 0.717) is 11.3 Å². The van der Waals surface area contributed by atoms with Crippen molar-refractivity contribution in [3.8, 4) is 0 Å². The molecular formula is C17H26ClN3O2. The van der Waals surface area contributed by atoms with E-state index in [-0.39, 0.29) is 36.2 Å². The molecule has 3 N–H and O–H groups in total. The van der Waals surface area contributed by atoms with E-state index in [1.165, 1.54) is 6.42 Å². The minimum absolute atomic E-state index is 0. The molecule has 0 bridgehead atoms. The van der Waals surface area contributed by atoms with E-state index in [4.69, 9.17) is 5.73 Å². The monoisotopic (exact) mass is 339 g/mol. The van der Waals surface area contributed by atoms with Gasteiger partial charge < -0.3 is 16.0 Å². The number of amides is 2. The van der Waals surface area contributed by atoms with Gasteiger partial charge in [-0.25, -0.2) is 0 Å². The van der Waals surface area contributed by atoms with Crippen molar-refractivity contribution in [2.75, 3.05) is 18.4 Å². The SMILES string of the molecule is CC(N)C(C)C(=O)Nc1cccc(C(=O)N2CCCCC2)c1.Cl. The van der Waals surface area contributed by atoms with Crippen LogP contribution in [-0.2, 0) is 4.79 Å². The van der Waals surface area contributed by atoms with Crippen molar-refractivity contribution in [3.05, 3.63) is 29.8 Å². The summed E-state index contributed by atoms with van der Waals surface area (Å²) in [5.74, 6) is -0.366. The second-order valence-corrected chi connectivity index (χ2v) is 6.07. The number of carbonyl (C=O) groups is 2. The smallest absolute Gasteiger partial charge is 0.253 e. The van der Waals surface area contributed by atoms with Crippen LogP contribution >= 0.6 is 12.4 Å². The van der Waals surface area contributed by atoms with Crippen molar-refractivity contribution >= 4 is 29.9 Å². The predicted molar refractivity (Wildman–Crippen MR) is 94.9 cm³/mol. The second-order valence-electron chi connectivity index (χ2n) is 6.07. The number of anilines is 1. The first-order valence-electron chi connectivity index (χ1n) is 7.95. The van der Waals surface area contributed by atoms with Crippen molar-refractivity contribution in [1.29, 1.82) is 0 Å². The Kier molecular flexibility index (Phi) is 7.52. The Morgan fingerprint density at radius 1 is 1.17 bits per heavy atom. The molecule has 1 aliphatic heterocycles. The highest BCUT2D eigenvalue weighted by Crippen LogP contribution is 2.17. The Hall–Kier alpha value is -1.59. The van der Waals surface area contributed by atoms with Gasteiger partial charge in [0.25, 0.3) is 5.91 Å². The highest BCUT2D eigenvalue weighted by atomic mass is 35.5. The molecule has 0 radical (unpaired) electrons. The van der Waals surface area contributed by atoms with Crippen LogP contribution in [-0.4, -0.2) is 35.8 Å². The van der Waals surface area contributed by atoms with Crippen LogP contribution in [0.5, 0.6) is 0 Å². The maximum atomic E-state index is 12.5. The highest BCUT2D eigenvalue weighted by Gasteiger charge is 2.20. The number of benzene rings is 1. The molecule has 6 heteroatoms. The molecule has 2 unspecified atom stereocenters. The Balaban J connectivity index is 0.00000264. The van der Waals surface area contributed by atoms with Gasteiger partial charge in [-0.05, 0) is 44.4 Å². The summed E-state index contributed by atoms with van der Waals surface area (Å²) in [6.45, 7) is 5.23. The quantitative estimate of drug-likeness (QED) is 0.885. The average molecular weight is 340 g/mol. The van der Waals surface area contributed by atoms with Gasteiger partial charge in [-0.3, -0.25) is 9.59 Å². The lowest BCUT2D eigenvalue weighted by atomic mass is 10.0. The summed E-state index contributed by atoms with van der Waals surface area (Å²) >= 11 is 0. The molecule has 23 heavy (non-hydrogen) atoms. The number of hydrogen-bond donors (Lipinski definition) is 2. The van der Waals surface area contributed by atoms with Gasteiger partial charge in [0.05, 0.1) is 5.92 Å². The molecule has 0 aromatic heterocycles. The maximum Gasteiger partial charge on any atom is 0.253 e. The lowest BCUT2D eigenvalue weighted by Crippen LogP contribution is -2.36. The number of nitrogens with two attached hydrogens (primary N) is 1. The Morgan fingerprint density at radius 2 is 1.83 bits per heavy atom. The number of piperidine rings is 1. The molecule has 2 rings (SSSR count). The van der Waals surface area contributed by atoms with Gasteiger partial charge in [-0.15, -0.1) is 12.4 Å². The third-order valence-corrected chi connectivity index (χ3v) is 4.22. The predicted octanol–water partition coefficient (Wildman–Crippen LogP) is 2.66. The average Bonchev–Trinajstić information content (AvgIpc) is 2.54. The van der Waals surface area contributed by atoms with Gasteiger partial charge in [-0.1, -0.05) is 13.0 Å². The van der Waals surface area contributed by atoms with E-state index in [2.05, 4.69) is 5.32 Å². The summed E-state index contributed by atoms with van der Waals surface area (Å²) in [4.78, 5) is 26.4. The Morgan fingerprint density at radius 3 is 2.43 bits per heavy atom. The largest absolute Gasteiger partial charge is 0.339 e.